The molecule has 3 N–H and O–H groups in total. The Bertz CT molecular complexity index is 184. The summed E-state index contributed by atoms with van der Waals surface area (Å²) in [4.78, 5) is 21.5. The molecule has 70 valence electrons. The van der Waals surface area contributed by atoms with Crippen LogP contribution in [0.1, 0.15) is 20.8 Å². The molecule has 0 bridgehead atoms. The van der Waals surface area contributed by atoms with E-state index in [1.807, 2.05) is 0 Å². The summed E-state index contributed by atoms with van der Waals surface area (Å²) in [7, 11) is 0. The topological polar surface area (TPSA) is 78.4 Å². The zero-order chi connectivity index (χ0) is 9.78. The molecule has 0 spiro atoms. The molecule has 0 saturated carbocycles. The van der Waals surface area contributed by atoms with Crippen LogP contribution in [0.3, 0.4) is 0 Å². The Labute approximate surface area is 71.1 Å². The van der Waals surface area contributed by atoms with Gasteiger partial charge in [0.05, 0.1) is 0 Å². The Morgan fingerprint density at radius 2 is 1.75 bits per heavy atom. The SMILES string of the molecule is CC(C)(C)C(=O)NNC(=O)CO. The molecule has 0 aromatic rings. The zero-order valence-electron chi connectivity index (χ0n) is 7.47. The highest BCUT2D eigenvalue weighted by Crippen LogP contribution is 2.11. The van der Waals surface area contributed by atoms with E-state index in [2.05, 4.69) is 10.9 Å². The van der Waals surface area contributed by atoms with Crippen molar-refractivity contribution in [2.75, 3.05) is 6.61 Å². The first kappa shape index (κ1) is 10.9. The van der Waals surface area contributed by atoms with Crippen molar-refractivity contribution in [3.05, 3.63) is 0 Å². The first-order valence-corrected chi connectivity index (χ1v) is 3.58. The second-order valence-electron chi connectivity index (χ2n) is 3.41. The molecule has 5 heteroatoms. The van der Waals surface area contributed by atoms with Gasteiger partial charge in [-0.25, -0.2) is 0 Å². The Balaban J connectivity index is 3.81. The minimum Gasteiger partial charge on any atom is -0.386 e. The van der Waals surface area contributed by atoms with Gasteiger partial charge in [-0.15, -0.1) is 0 Å². The molecule has 12 heavy (non-hydrogen) atoms. The van der Waals surface area contributed by atoms with E-state index in [1.165, 1.54) is 0 Å². The van der Waals surface area contributed by atoms with Gasteiger partial charge in [0.25, 0.3) is 5.91 Å². The van der Waals surface area contributed by atoms with Crippen molar-refractivity contribution in [3.63, 3.8) is 0 Å². The first-order valence-electron chi connectivity index (χ1n) is 3.58. The minimum atomic E-state index is -0.635. The lowest BCUT2D eigenvalue weighted by Gasteiger charge is -2.17. The molecular weight excluding hydrogens is 160 g/mol. The Hall–Kier alpha value is -1.10. The molecule has 0 saturated heterocycles. The molecule has 5 nitrogen and oxygen atoms in total. The van der Waals surface area contributed by atoms with E-state index in [4.69, 9.17) is 5.11 Å². The molecule has 0 heterocycles. The van der Waals surface area contributed by atoms with Crippen LogP contribution in [0.5, 0.6) is 0 Å². The fourth-order valence-electron chi connectivity index (χ4n) is 0.354. The quantitative estimate of drug-likeness (QED) is 0.454. The number of rotatable bonds is 1. The molecule has 0 atom stereocenters. The van der Waals surface area contributed by atoms with Crippen LogP contribution in [0.15, 0.2) is 0 Å². The van der Waals surface area contributed by atoms with Crippen LogP contribution in [0.25, 0.3) is 0 Å². The summed E-state index contributed by atoms with van der Waals surface area (Å²) in [6.45, 7) is 4.51. The maximum absolute atomic E-state index is 11.1. The smallest absolute Gasteiger partial charge is 0.264 e. The van der Waals surface area contributed by atoms with Crippen LogP contribution in [-0.4, -0.2) is 23.5 Å². The minimum absolute atomic E-state index is 0.302. The average Bonchev–Trinajstić information content (AvgIpc) is 1.97. The maximum atomic E-state index is 11.1. The molecule has 0 aliphatic rings. The number of carbonyl (C=O) groups excluding carboxylic acids is 2. The maximum Gasteiger partial charge on any atom is 0.264 e. The second kappa shape index (κ2) is 4.06. The molecule has 0 aliphatic heterocycles. The van der Waals surface area contributed by atoms with Gasteiger partial charge in [0, 0.05) is 5.41 Å². The van der Waals surface area contributed by atoms with E-state index in [9.17, 15) is 9.59 Å². The molecule has 0 rings (SSSR count). The van der Waals surface area contributed by atoms with Crippen LogP contribution in [-0.2, 0) is 9.59 Å². The van der Waals surface area contributed by atoms with Crippen molar-refractivity contribution >= 4 is 11.8 Å². The van der Waals surface area contributed by atoms with Gasteiger partial charge in [-0.1, -0.05) is 20.8 Å². The third-order valence-electron chi connectivity index (χ3n) is 1.14. The van der Waals surface area contributed by atoms with Crippen molar-refractivity contribution in [1.29, 1.82) is 0 Å². The standard InChI is InChI=1S/C7H14N2O3/c1-7(2,3)6(12)9-8-5(11)4-10/h10H,4H2,1-3H3,(H,8,11)(H,9,12). The number of nitrogens with one attached hydrogen (secondary N) is 2. The Morgan fingerprint density at radius 3 is 2.08 bits per heavy atom. The first-order chi connectivity index (χ1) is 5.38. The number of hydrazine groups is 1. The van der Waals surface area contributed by atoms with Crippen LogP contribution < -0.4 is 10.9 Å². The summed E-state index contributed by atoms with van der Waals surface area (Å²) < 4.78 is 0. The fraction of sp³-hybridized carbons (Fsp3) is 0.714. The van der Waals surface area contributed by atoms with E-state index in [0.29, 0.717) is 0 Å². The summed E-state index contributed by atoms with van der Waals surface area (Å²) in [6, 6.07) is 0. The molecular formula is C7H14N2O3. The number of hydrogen-bond acceptors (Lipinski definition) is 3. The zero-order valence-corrected chi connectivity index (χ0v) is 7.47. The molecule has 2 amide bonds. The predicted octanol–water partition coefficient (Wildman–Crippen LogP) is -0.828. The summed E-state index contributed by atoms with van der Waals surface area (Å²) in [5, 5.41) is 8.29. The van der Waals surface area contributed by atoms with E-state index in [1.54, 1.807) is 20.8 Å². The fourth-order valence-corrected chi connectivity index (χ4v) is 0.354. The highest BCUT2D eigenvalue weighted by Gasteiger charge is 2.21. The van der Waals surface area contributed by atoms with E-state index < -0.39 is 17.9 Å². The molecule has 0 fully saturated rings. The van der Waals surface area contributed by atoms with E-state index in [-0.39, 0.29) is 5.91 Å². The average molecular weight is 174 g/mol. The molecule has 0 unspecified atom stereocenters. The number of amides is 2. The van der Waals surface area contributed by atoms with E-state index in [0.717, 1.165) is 0 Å². The molecule has 0 aliphatic carbocycles. The summed E-state index contributed by atoms with van der Waals surface area (Å²) >= 11 is 0. The van der Waals surface area contributed by atoms with Crippen LogP contribution >= 0.6 is 0 Å². The Morgan fingerprint density at radius 1 is 1.25 bits per heavy atom. The van der Waals surface area contributed by atoms with Crippen molar-refractivity contribution in [1.82, 2.24) is 10.9 Å². The van der Waals surface area contributed by atoms with Gasteiger partial charge in [-0.2, -0.15) is 0 Å². The van der Waals surface area contributed by atoms with Gasteiger partial charge >= 0.3 is 0 Å². The highest BCUT2D eigenvalue weighted by molar-refractivity contribution is 5.85. The van der Waals surface area contributed by atoms with Gasteiger partial charge in [0.15, 0.2) is 0 Å². The third kappa shape index (κ3) is 3.92. The number of hydrogen-bond donors (Lipinski definition) is 3. The lowest BCUT2D eigenvalue weighted by molar-refractivity contribution is -0.134. The van der Waals surface area contributed by atoms with Crippen molar-refractivity contribution in [2.45, 2.75) is 20.8 Å². The lowest BCUT2D eigenvalue weighted by atomic mass is 9.96. The van der Waals surface area contributed by atoms with Gasteiger partial charge in [0.1, 0.15) is 6.61 Å². The number of aliphatic hydroxyl groups excluding tert-OH is 1. The monoisotopic (exact) mass is 174 g/mol. The van der Waals surface area contributed by atoms with Crippen LogP contribution in [0.4, 0.5) is 0 Å². The normalized spacial score (nSPS) is 10.7. The number of aliphatic hydroxyl groups is 1. The van der Waals surface area contributed by atoms with Crippen molar-refractivity contribution in [3.8, 4) is 0 Å². The van der Waals surface area contributed by atoms with Crippen LogP contribution in [0.2, 0.25) is 0 Å². The largest absolute Gasteiger partial charge is 0.386 e. The summed E-state index contributed by atoms with van der Waals surface area (Å²) in [5.74, 6) is -0.933. The molecule has 0 aromatic heterocycles. The predicted molar refractivity (Wildman–Crippen MR) is 42.8 cm³/mol. The second-order valence-corrected chi connectivity index (χ2v) is 3.41. The lowest BCUT2D eigenvalue weighted by Crippen LogP contribution is -2.47. The third-order valence-corrected chi connectivity index (χ3v) is 1.14. The van der Waals surface area contributed by atoms with Gasteiger partial charge in [-0.3, -0.25) is 20.4 Å². The van der Waals surface area contributed by atoms with Gasteiger partial charge in [-0.05, 0) is 0 Å². The number of carbonyl (C=O) groups is 2. The van der Waals surface area contributed by atoms with Crippen molar-refractivity contribution < 1.29 is 14.7 Å². The summed E-state index contributed by atoms with van der Waals surface area (Å²) in [5.41, 5.74) is 3.67. The molecule has 0 radical (unpaired) electrons. The van der Waals surface area contributed by atoms with E-state index >= 15 is 0 Å². The van der Waals surface area contributed by atoms with Crippen LogP contribution in [0, 0.1) is 5.41 Å². The Kier molecular flexibility index (Phi) is 3.69. The molecule has 0 aromatic carbocycles. The van der Waals surface area contributed by atoms with Crippen molar-refractivity contribution in [2.24, 2.45) is 5.41 Å². The van der Waals surface area contributed by atoms with Gasteiger partial charge < -0.3 is 5.11 Å². The highest BCUT2D eigenvalue weighted by atomic mass is 16.3. The van der Waals surface area contributed by atoms with Gasteiger partial charge in [0.2, 0.25) is 5.91 Å². The summed E-state index contributed by atoms with van der Waals surface area (Å²) in [6.07, 6.45) is 0.